The highest BCUT2D eigenvalue weighted by atomic mass is 79.9. The number of benzene rings is 2. The number of rotatable bonds is 4. The van der Waals surface area contributed by atoms with Crippen LogP contribution in [-0.2, 0) is 11.2 Å². The van der Waals surface area contributed by atoms with Crippen molar-refractivity contribution in [1.82, 2.24) is 0 Å². The van der Waals surface area contributed by atoms with Crippen molar-refractivity contribution in [3.63, 3.8) is 0 Å². The van der Waals surface area contributed by atoms with E-state index in [9.17, 15) is 4.79 Å². The zero-order valence-electron chi connectivity index (χ0n) is 11.3. The highest BCUT2D eigenvalue weighted by molar-refractivity contribution is 9.10. The molecule has 20 heavy (non-hydrogen) atoms. The lowest BCUT2D eigenvalue weighted by Crippen LogP contribution is -2.37. The zero-order chi connectivity index (χ0) is 14.5. The smallest absolute Gasteiger partial charge is 0.241 e. The maximum absolute atomic E-state index is 12.1. The van der Waals surface area contributed by atoms with Crippen molar-refractivity contribution < 1.29 is 4.79 Å². The van der Waals surface area contributed by atoms with Crippen LogP contribution in [0.3, 0.4) is 0 Å². The number of nitrogens with two attached hydrogens (primary N) is 1. The number of hydrogen-bond donors (Lipinski definition) is 2. The Morgan fingerprint density at radius 3 is 2.60 bits per heavy atom. The SMILES string of the molecule is Cc1cc(Br)cc(NC(=O)[C@H](N)Cc2ccccc2)c1. The van der Waals surface area contributed by atoms with Gasteiger partial charge >= 0.3 is 0 Å². The Hall–Kier alpha value is -1.65. The van der Waals surface area contributed by atoms with Crippen LogP contribution in [0.4, 0.5) is 5.69 Å². The third-order valence-corrected chi connectivity index (χ3v) is 3.40. The standard InChI is InChI=1S/C16H17BrN2O/c1-11-7-13(17)10-14(8-11)19-16(20)15(18)9-12-5-3-2-4-6-12/h2-8,10,15H,9,18H2,1H3,(H,19,20)/t15-/m1/s1. The fourth-order valence-corrected chi connectivity index (χ4v) is 2.61. The number of nitrogens with one attached hydrogen (secondary N) is 1. The fourth-order valence-electron chi connectivity index (χ4n) is 2.00. The van der Waals surface area contributed by atoms with Crippen LogP contribution < -0.4 is 11.1 Å². The summed E-state index contributed by atoms with van der Waals surface area (Å²) in [6.45, 7) is 1.98. The van der Waals surface area contributed by atoms with Crippen LogP contribution in [0, 0.1) is 6.92 Å². The van der Waals surface area contributed by atoms with Gasteiger partial charge in [0.15, 0.2) is 0 Å². The molecule has 0 aliphatic heterocycles. The van der Waals surface area contributed by atoms with E-state index in [2.05, 4.69) is 21.2 Å². The van der Waals surface area contributed by atoms with Crippen molar-refractivity contribution >= 4 is 27.5 Å². The second kappa shape index (κ2) is 6.68. The molecule has 0 saturated carbocycles. The average Bonchev–Trinajstić information content (AvgIpc) is 2.38. The van der Waals surface area contributed by atoms with E-state index in [-0.39, 0.29) is 5.91 Å². The second-order valence-electron chi connectivity index (χ2n) is 4.80. The molecule has 0 bridgehead atoms. The highest BCUT2D eigenvalue weighted by Crippen LogP contribution is 2.19. The lowest BCUT2D eigenvalue weighted by molar-refractivity contribution is -0.117. The molecule has 2 rings (SSSR count). The van der Waals surface area contributed by atoms with Gasteiger partial charge in [0.1, 0.15) is 0 Å². The van der Waals surface area contributed by atoms with E-state index in [0.29, 0.717) is 6.42 Å². The summed E-state index contributed by atoms with van der Waals surface area (Å²) in [5, 5.41) is 2.85. The Labute approximate surface area is 127 Å². The Balaban J connectivity index is 2.00. The third-order valence-electron chi connectivity index (χ3n) is 2.94. The van der Waals surface area contributed by atoms with E-state index >= 15 is 0 Å². The lowest BCUT2D eigenvalue weighted by Gasteiger charge is -2.13. The molecule has 0 unspecified atom stereocenters. The quantitative estimate of drug-likeness (QED) is 0.902. The molecule has 0 aliphatic rings. The molecule has 104 valence electrons. The molecule has 0 fully saturated rings. The van der Waals surface area contributed by atoms with Gasteiger partial charge in [-0.1, -0.05) is 46.3 Å². The number of anilines is 1. The zero-order valence-corrected chi connectivity index (χ0v) is 12.9. The summed E-state index contributed by atoms with van der Waals surface area (Å²) in [5.41, 5.74) is 8.84. The summed E-state index contributed by atoms with van der Waals surface area (Å²) < 4.78 is 0.935. The van der Waals surface area contributed by atoms with Crippen LogP contribution in [0.2, 0.25) is 0 Å². The van der Waals surface area contributed by atoms with Gasteiger partial charge in [0.05, 0.1) is 6.04 Å². The van der Waals surface area contributed by atoms with Gasteiger partial charge in [-0.05, 0) is 42.7 Å². The predicted molar refractivity (Wildman–Crippen MR) is 85.6 cm³/mol. The van der Waals surface area contributed by atoms with Crippen molar-refractivity contribution in [2.45, 2.75) is 19.4 Å². The number of carbonyl (C=O) groups excluding carboxylic acids is 1. The number of halogens is 1. The molecule has 3 nitrogen and oxygen atoms in total. The molecule has 2 aromatic rings. The fraction of sp³-hybridized carbons (Fsp3) is 0.188. The molecule has 0 radical (unpaired) electrons. The second-order valence-corrected chi connectivity index (χ2v) is 5.72. The minimum atomic E-state index is -0.559. The monoisotopic (exact) mass is 332 g/mol. The number of amides is 1. The minimum Gasteiger partial charge on any atom is -0.325 e. The summed E-state index contributed by atoms with van der Waals surface area (Å²) in [6.07, 6.45) is 0.527. The van der Waals surface area contributed by atoms with E-state index in [0.717, 1.165) is 21.3 Å². The van der Waals surface area contributed by atoms with Gasteiger partial charge in [-0.15, -0.1) is 0 Å². The van der Waals surface area contributed by atoms with Gasteiger partial charge in [-0.2, -0.15) is 0 Å². The number of hydrogen-bond acceptors (Lipinski definition) is 2. The van der Waals surface area contributed by atoms with Crippen molar-refractivity contribution in [2.24, 2.45) is 5.73 Å². The van der Waals surface area contributed by atoms with Crippen molar-refractivity contribution in [3.05, 3.63) is 64.1 Å². The summed E-state index contributed by atoms with van der Waals surface area (Å²) >= 11 is 3.41. The summed E-state index contributed by atoms with van der Waals surface area (Å²) in [6, 6.07) is 15.0. The maximum atomic E-state index is 12.1. The van der Waals surface area contributed by atoms with Crippen LogP contribution in [-0.4, -0.2) is 11.9 Å². The van der Waals surface area contributed by atoms with E-state index in [1.54, 1.807) is 0 Å². The van der Waals surface area contributed by atoms with Crippen LogP contribution in [0.1, 0.15) is 11.1 Å². The topological polar surface area (TPSA) is 55.1 Å². The number of aryl methyl sites for hydroxylation is 1. The molecular weight excluding hydrogens is 316 g/mol. The van der Waals surface area contributed by atoms with Crippen molar-refractivity contribution in [2.75, 3.05) is 5.32 Å². The third kappa shape index (κ3) is 4.18. The van der Waals surface area contributed by atoms with Gasteiger partial charge < -0.3 is 11.1 Å². The number of carbonyl (C=O) groups is 1. The lowest BCUT2D eigenvalue weighted by atomic mass is 10.1. The molecule has 1 atom stereocenters. The van der Waals surface area contributed by atoms with Crippen molar-refractivity contribution in [1.29, 1.82) is 0 Å². The minimum absolute atomic E-state index is 0.175. The molecule has 0 heterocycles. The van der Waals surface area contributed by atoms with Gasteiger partial charge in [0.2, 0.25) is 5.91 Å². The molecule has 0 aromatic heterocycles. The largest absolute Gasteiger partial charge is 0.325 e. The van der Waals surface area contributed by atoms with Gasteiger partial charge in [0, 0.05) is 10.2 Å². The highest BCUT2D eigenvalue weighted by Gasteiger charge is 2.14. The molecule has 0 saturated heterocycles. The first-order valence-electron chi connectivity index (χ1n) is 6.42. The van der Waals surface area contributed by atoms with Crippen LogP contribution in [0.5, 0.6) is 0 Å². The molecule has 2 aromatic carbocycles. The van der Waals surface area contributed by atoms with Crippen LogP contribution in [0.25, 0.3) is 0 Å². The Morgan fingerprint density at radius 1 is 1.25 bits per heavy atom. The summed E-state index contributed by atoms with van der Waals surface area (Å²) in [7, 11) is 0. The van der Waals surface area contributed by atoms with Crippen molar-refractivity contribution in [3.8, 4) is 0 Å². The Bertz CT molecular complexity index is 578. The van der Waals surface area contributed by atoms with Gasteiger partial charge in [-0.25, -0.2) is 0 Å². The first-order valence-corrected chi connectivity index (χ1v) is 7.21. The first-order chi connectivity index (χ1) is 9.54. The van der Waals surface area contributed by atoms with Crippen LogP contribution >= 0.6 is 15.9 Å². The molecule has 4 heteroatoms. The molecule has 1 amide bonds. The van der Waals surface area contributed by atoms with Gasteiger partial charge in [0.25, 0.3) is 0 Å². The van der Waals surface area contributed by atoms with E-state index < -0.39 is 6.04 Å². The van der Waals surface area contributed by atoms with E-state index in [4.69, 9.17) is 5.73 Å². The van der Waals surface area contributed by atoms with E-state index in [1.807, 2.05) is 55.5 Å². The maximum Gasteiger partial charge on any atom is 0.241 e. The Morgan fingerprint density at radius 2 is 1.95 bits per heavy atom. The molecular formula is C16H17BrN2O. The predicted octanol–water partition coefficient (Wildman–Crippen LogP) is 3.27. The molecule has 3 N–H and O–H groups in total. The molecule has 0 spiro atoms. The molecule has 0 aliphatic carbocycles. The Kier molecular flexibility index (Phi) is 4.93. The first kappa shape index (κ1) is 14.8. The average molecular weight is 333 g/mol. The van der Waals surface area contributed by atoms with Gasteiger partial charge in [-0.3, -0.25) is 4.79 Å². The van der Waals surface area contributed by atoms with Crippen LogP contribution in [0.15, 0.2) is 53.0 Å². The normalized spacial score (nSPS) is 11.9. The summed E-state index contributed by atoms with van der Waals surface area (Å²) in [4.78, 5) is 12.1. The van der Waals surface area contributed by atoms with E-state index in [1.165, 1.54) is 0 Å². The summed E-state index contributed by atoms with van der Waals surface area (Å²) in [5.74, 6) is -0.175.